The van der Waals surface area contributed by atoms with Crippen LogP contribution in [0.2, 0.25) is 0 Å². The Bertz CT molecular complexity index is 524. The van der Waals surface area contributed by atoms with Crippen molar-refractivity contribution in [3.63, 3.8) is 0 Å². The summed E-state index contributed by atoms with van der Waals surface area (Å²) in [7, 11) is 0. The largest absolute Gasteiger partial charge is 0.494 e. The molecule has 0 radical (unpaired) electrons. The zero-order chi connectivity index (χ0) is 15.8. The summed E-state index contributed by atoms with van der Waals surface area (Å²) in [5.74, 6) is 0.765. The molecule has 0 spiro atoms. The average molecular weight is 303 g/mol. The van der Waals surface area contributed by atoms with Crippen molar-refractivity contribution < 1.29 is 14.6 Å². The number of hydrogen-bond donors (Lipinski definition) is 3. The first kappa shape index (κ1) is 16.1. The number of ether oxygens (including phenoxy) is 1. The van der Waals surface area contributed by atoms with E-state index in [4.69, 9.17) is 15.1 Å². The first-order valence-corrected chi connectivity index (χ1v) is 7.53. The number of nitriles is 1. The molecule has 1 aliphatic heterocycles. The van der Waals surface area contributed by atoms with Crippen LogP contribution in [0.25, 0.3) is 0 Å². The molecule has 1 saturated heterocycles. The molecule has 3 N–H and O–H groups in total. The topological polar surface area (TPSA) is 94.4 Å². The molecule has 1 fully saturated rings. The van der Waals surface area contributed by atoms with Crippen LogP contribution in [0.1, 0.15) is 31.2 Å². The number of carbonyl (C=O) groups is 1. The van der Waals surface area contributed by atoms with Gasteiger partial charge < -0.3 is 20.5 Å². The lowest BCUT2D eigenvalue weighted by atomic mass is 9.96. The van der Waals surface area contributed by atoms with E-state index in [0.717, 1.165) is 38.0 Å². The van der Waals surface area contributed by atoms with Crippen molar-refractivity contribution in [3.8, 4) is 11.8 Å². The maximum atomic E-state index is 10.7. The van der Waals surface area contributed by atoms with E-state index in [1.54, 1.807) is 24.3 Å². The van der Waals surface area contributed by atoms with Gasteiger partial charge >= 0.3 is 6.09 Å². The standard InChI is InChI=1S/C16H21N3O3/c17-11-12-3-5-15(6-4-12)22-9-1-2-13-10-14(7-8-18-13)19-16(20)21/h3-6,13-14,18-19H,1-2,7-10H2,(H,20,21). The third kappa shape index (κ3) is 5.26. The summed E-state index contributed by atoms with van der Waals surface area (Å²) in [6.45, 7) is 1.45. The monoisotopic (exact) mass is 303 g/mol. The average Bonchev–Trinajstić information content (AvgIpc) is 2.52. The molecular weight excluding hydrogens is 282 g/mol. The molecule has 118 valence electrons. The summed E-state index contributed by atoms with van der Waals surface area (Å²) < 4.78 is 5.64. The molecule has 2 atom stereocenters. The molecule has 1 aromatic carbocycles. The molecule has 6 nitrogen and oxygen atoms in total. The van der Waals surface area contributed by atoms with Gasteiger partial charge in [-0.05, 0) is 56.5 Å². The smallest absolute Gasteiger partial charge is 0.404 e. The molecule has 2 rings (SSSR count). The molecule has 1 aromatic rings. The number of benzene rings is 1. The van der Waals surface area contributed by atoms with Crippen LogP contribution in [-0.2, 0) is 0 Å². The Morgan fingerprint density at radius 1 is 1.45 bits per heavy atom. The van der Waals surface area contributed by atoms with E-state index in [1.165, 1.54) is 0 Å². The zero-order valence-electron chi connectivity index (χ0n) is 12.4. The second-order valence-electron chi connectivity index (χ2n) is 5.45. The third-order valence-electron chi connectivity index (χ3n) is 3.77. The van der Waals surface area contributed by atoms with E-state index >= 15 is 0 Å². The maximum absolute atomic E-state index is 10.7. The fourth-order valence-electron chi connectivity index (χ4n) is 2.68. The van der Waals surface area contributed by atoms with Crippen LogP contribution in [0, 0.1) is 11.3 Å². The molecule has 0 bridgehead atoms. The molecule has 0 aromatic heterocycles. The van der Waals surface area contributed by atoms with Crippen molar-refractivity contribution in [2.75, 3.05) is 13.2 Å². The van der Waals surface area contributed by atoms with Crippen LogP contribution in [0.5, 0.6) is 5.75 Å². The van der Waals surface area contributed by atoms with Crippen LogP contribution in [0.4, 0.5) is 4.79 Å². The predicted molar refractivity (Wildman–Crippen MR) is 81.9 cm³/mol. The quantitative estimate of drug-likeness (QED) is 0.700. The first-order chi connectivity index (χ1) is 10.7. The van der Waals surface area contributed by atoms with Gasteiger partial charge in [0.1, 0.15) is 5.75 Å². The number of nitrogens with zero attached hydrogens (tertiary/aromatic N) is 1. The highest BCUT2D eigenvalue weighted by Crippen LogP contribution is 2.15. The maximum Gasteiger partial charge on any atom is 0.404 e. The SMILES string of the molecule is N#Cc1ccc(OCCCC2CC(NC(=O)O)CCN2)cc1. The van der Waals surface area contributed by atoms with Crippen LogP contribution < -0.4 is 15.4 Å². The molecule has 0 saturated carbocycles. The highest BCUT2D eigenvalue weighted by Gasteiger charge is 2.22. The third-order valence-corrected chi connectivity index (χ3v) is 3.77. The van der Waals surface area contributed by atoms with E-state index in [1.807, 2.05) is 0 Å². The Labute approximate surface area is 130 Å². The highest BCUT2D eigenvalue weighted by molar-refractivity contribution is 5.64. The zero-order valence-corrected chi connectivity index (χ0v) is 12.4. The number of rotatable bonds is 6. The van der Waals surface area contributed by atoms with Gasteiger partial charge in [0.05, 0.1) is 18.2 Å². The lowest BCUT2D eigenvalue weighted by Crippen LogP contribution is -2.47. The summed E-state index contributed by atoms with van der Waals surface area (Å²) in [4.78, 5) is 10.7. The summed E-state index contributed by atoms with van der Waals surface area (Å²) in [6.07, 6.45) is 2.56. The highest BCUT2D eigenvalue weighted by atomic mass is 16.5. The van der Waals surface area contributed by atoms with Gasteiger partial charge in [0.15, 0.2) is 0 Å². The molecule has 0 aliphatic carbocycles. The number of amides is 1. The Kier molecular flexibility index (Phi) is 6.04. The van der Waals surface area contributed by atoms with Crippen molar-refractivity contribution in [1.29, 1.82) is 5.26 Å². The summed E-state index contributed by atoms with van der Waals surface area (Å²) in [6, 6.07) is 9.51. The minimum atomic E-state index is -0.949. The molecule has 22 heavy (non-hydrogen) atoms. The van der Waals surface area contributed by atoms with E-state index in [0.29, 0.717) is 18.2 Å². The van der Waals surface area contributed by atoms with Gasteiger partial charge in [-0.15, -0.1) is 0 Å². The number of piperidine rings is 1. The number of carboxylic acid groups (broad SMARTS) is 1. The van der Waals surface area contributed by atoms with Crippen molar-refractivity contribution in [2.24, 2.45) is 0 Å². The van der Waals surface area contributed by atoms with Crippen molar-refractivity contribution >= 4 is 6.09 Å². The van der Waals surface area contributed by atoms with Crippen molar-refractivity contribution in [1.82, 2.24) is 10.6 Å². The van der Waals surface area contributed by atoms with Crippen LogP contribution in [0.3, 0.4) is 0 Å². The molecule has 1 aliphatic rings. The predicted octanol–water partition coefficient (Wildman–Crippen LogP) is 2.11. The first-order valence-electron chi connectivity index (χ1n) is 7.53. The number of nitrogens with one attached hydrogen (secondary N) is 2. The molecular formula is C16H21N3O3. The van der Waals surface area contributed by atoms with E-state index in [2.05, 4.69) is 16.7 Å². The van der Waals surface area contributed by atoms with Gasteiger partial charge in [-0.3, -0.25) is 0 Å². The van der Waals surface area contributed by atoms with E-state index in [-0.39, 0.29) is 6.04 Å². The minimum Gasteiger partial charge on any atom is -0.494 e. The molecule has 1 amide bonds. The second-order valence-corrected chi connectivity index (χ2v) is 5.45. The lowest BCUT2D eigenvalue weighted by molar-refractivity contribution is 0.182. The van der Waals surface area contributed by atoms with Gasteiger partial charge in [0, 0.05) is 12.1 Å². The minimum absolute atomic E-state index is 0.0446. The second kappa shape index (κ2) is 8.25. The van der Waals surface area contributed by atoms with Gasteiger partial charge in [-0.25, -0.2) is 4.79 Å². The fraction of sp³-hybridized carbons (Fsp3) is 0.500. The van der Waals surface area contributed by atoms with E-state index in [9.17, 15) is 4.79 Å². The molecule has 2 unspecified atom stereocenters. The molecule has 6 heteroatoms. The summed E-state index contributed by atoms with van der Waals surface area (Å²) in [5, 5.41) is 23.5. The molecule has 1 heterocycles. The van der Waals surface area contributed by atoms with Gasteiger partial charge in [0.25, 0.3) is 0 Å². The van der Waals surface area contributed by atoms with E-state index < -0.39 is 6.09 Å². The number of hydrogen-bond acceptors (Lipinski definition) is 4. The van der Waals surface area contributed by atoms with Crippen molar-refractivity contribution in [2.45, 2.75) is 37.8 Å². The Morgan fingerprint density at radius 3 is 2.91 bits per heavy atom. The van der Waals surface area contributed by atoms with Gasteiger partial charge in [-0.1, -0.05) is 0 Å². The Balaban J connectivity index is 1.65. The fourth-order valence-corrected chi connectivity index (χ4v) is 2.68. The van der Waals surface area contributed by atoms with Gasteiger partial charge in [0.2, 0.25) is 0 Å². The normalized spacial score (nSPS) is 20.9. The van der Waals surface area contributed by atoms with Crippen LogP contribution >= 0.6 is 0 Å². The summed E-state index contributed by atoms with van der Waals surface area (Å²) >= 11 is 0. The lowest BCUT2D eigenvalue weighted by Gasteiger charge is -2.30. The van der Waals surface area contributed by atoms with Crippen LogP contribution in [0.15, 0.2) is 24.3 Å². The van der Waals surface area contributed by atoms with Gasteiger partial charge in [-0.2, -0.15) is 5.26 Å². The van der Waals surface area contributed by atoms with Crippen molar-refractivity contribution in [3.05, 3.63) is 29.8 Å². The summed E-state index contributed by atoms with van der Waals surface area (Å²) in [5.41, 5.74) is 0.621. The van der Waals surface area contributed by atoms with Crippen LogP contribution in [-0.4, -0.2) is 36.4 Å². The Morgan fingerprint density at radius 2 is 2.23 bits per heavy atom. The Hall–Kier alpha value is -2.26.